The van der Waals surface area contributed by atoms with Gasteiger partial charge in [-0.05, 0) is 51.0 Å². The normalized spacial score (nSPS) is 12.1. The van der Waals surface area contributed by atoms with Gasteiger partial charge in [0.05, 0.1) is 12.6 Å². The number of carbonyl (C=O) groups excluding carboxylic acids is 2. The van der Waals surface area contributed by atoms with Crippen molar-refractivity contribution in [3.05, 3.63) is 53.7 Å². The fraction of sp³-hybridized carbons (Fsp3) is 0.350. The van der Waals surface area contributed by atoms with Gasteiger partial charge in [-0.3, -0.25) is 4.79 Å². The Morgan fingerprint density at radius 3 is 2.44 bits per heavy atom. The van der Waals surface area contributed by atoms with Gasteiger partial charge in [-0.15, -0.1) is 0 Å². The lowest BCUT2D eigenvalue weighted by molar-refractivity contribution is 0.0482. The van der Waals surface area contributed by atoms with Crippen LogP contribution in [0.1, 0.15) is 36.7 Å². The number of ether oxygens (including phenoxy) is 2. The van der Waals surface area contributed by atoms with Crippen molar-refractivity contribution in [2.45, 2.75) is 38.8 Å². The van der Waals surface area contributed by atoms with E-state index in [0.29, 0.717) is 29.9 Å². The number of nitrogens with zero attached hydrogens (tertiary/aromatic N) is 1. The average Bonchev–Trinajstić information content (AvgIpc) is 2.62. The zero-order chi connectivity index (χ0) is 19.9. The van der Waals surface area contributed by atoms with Crippen molar-refractivity contribution in [1.82, 2.24) is 10.3 Å². The van der Waals surface area contributed by atoms with E-state index in [1.165, 1.54) is 6.20 Å². The summed E-state index contributed by atoms with van der Waals surface area (Å²) in [4.78, 5) is 26.5. The molecular weight excluding hydrogens is 348 g/mol. The minimum atomic E-state index is -0.596. The third-order valence-electron chi connectivity index (χ3n) is 3.46. The number of aromatic nitrogens is 1. The molecule has 1 heterocycles. The van der Waals surface area contributed by atoms with Gasteiger partial charge in [0, 0.05) is 17.8 Å². The fourth-order valence-electron chi connectivity index (χ4n) is 2.26. The third kappa shape index (κ3) is 7.07. The van der Waals surface area contributed by atoms with Gasteiger partial charge >= 0.3 is 6.09 Å². The zero-order valence-corrected chi connectivity index (χ0v) is 15.6. The Hall–Kier alpha value is -2.93. The Kier molecular flexibility index (Phi) is 6.90. The van der Waals surface area contributed by atoms with Crippen LogP contribution >= 0.6 is 0 Å². The monoisotopic (exact) mass is 372 g/mol. The van der Waals surface area contributed by atoms with Crippen molar-refractivity contribution in [2.75, 3.05) is 6.61 Å². The van der Waals surface area contributed by atoms with Crippen molar-refractivity contribution < 1.29 is 24.2 Å². The number of rotatable bonds is 7. The Morgan fingerprint density at radius 2 is 1.93 bits per heavy atom. The van der Waals surface area contributed by atoms with E-state index >= 15 is 0 Å². The van der Waals surface area contributed by atoms with Crippen molar-refractivity contribution in [3.63, 3.8) is 0 Å². The maximum absolute atomic E-state index is 11.8. The fourth-order valence-corrected chi connectivity index (χ4v) is 2.26. The number of nitrogens with one attached hydrogen (secondary N) is 1. The number of carbonyl (C=O) groups is 2. The number of pyridine rings is 1. The summed E-state index contributed by atoms with van der Waals surface area (Å²) < 4.78 is 10.8. The van der Waals surface area contributed by atoms with E-state index in [4.69, 9.17) is 9.47 Å². The molecule has 0 fully saturated rings. The van der Waals surface area contributed by atoms with Gasteiger partial charge in [-0.1, -0.05) is 12.1 Å². The van der Waals surface area contributed by atoms with Crippen molar-refractivity contribution in [2.24, 2.45) is 0 Å². The van der Waals surface area contributed by atoms with E-state index < -0.39 is 17.7 Å². The van der Waals surface area contributed by atoms with Gasteiger partial charge in [-0.25, -0.2) is 9.78 Å². The molecule has 2 rings (SSSR count). The summed E-state index contributed by atoms with van der Waals surface area (Å²) in [5.41, 5.74) is 0.799. The van der Waals surface area contributed by atoms with E-state index in [1.54, 1.807) is 45.0 Å². The lowest BCUT2D eigenvalue weighted by atomic mass is 10.1. The minimum Gasteiger partial charge on any atom is -0.444 e. The highest BCUT2D eigenvalue weighted by Gasteiger charge is 2.19. The smallest absolute Gasteiger partial charge is 0.407 e. The highest BCUT2D eigenvalue weighted by Crippen LogP contribution is 2.20. The Labute approximate surface area is 158 Å². The van der Waals surface area contributed by atoms with Crippen LogP contribution in [0.3, 0.4) is 0 Å². The second-order valence-electron chi connectivity index (χ2n) is 7.02. The maximum atomic E-state index is 11.8. The number of aliphatic hydroxyl groups excluding tert-OH is 1. The molecule has 1 amide bonds. The van der Waals surface area contributed by atoms with Crippen LogP contribution in [0.4, 0.5) is 4.79 Å². The van der Waals surface area contributed by atoms with Gasteiger partial charge in [0.2, 0.25) is 5.88 Å². The first kappa shape index (κ1) is 20.4. The van der Waals surface area contributed by atoms with Crippen molar-refractivity contribution in [3.8, 4) is 11.6 Å². The standard InChI is InChI=1S/C20H24N2O5/c1-20(2,3)27-19(25)22-16(13-24)10-14-4-7-17(8-5-14)26-18-9-6-15(12-23)11-21-18/h4-9,11-12,16,24H,10,13H2,1-3H3,(H,22,25). The first-order valence-corrected chi connectivity index (χ1v) is 8.57. The number of aldehydes is 1. The summed E-state index contributed by atoms with van der Waals surface area (Å²) in [6.45, 7) is 5.13. The van der Waals surface area contributed by atoms with Gasteiger partial charge in [0.25, 0.3) is 0 Å². The molecule has 2 N–H and O–H groups in total. The molecule has 0 spiro atoms. The summed E-state index contributed by atoms with van der Waals surface area (Å²) in [6, 6.07) is 10.0. The molecule has 0 aliphatic rings. The van der Waals surface area contributed by atoms with Crippen LogP contribution in [0.5, 0.6) is 11.6 Å². The van der Waals surface area contributed by atoms with E-state index in [0.717, 1.165) is 5.56 Å². The lowest BCUT2D eigenvalue weighted by Crippen LogP contribution is -2.42. The Morgan fingerprint density at radius 1 is 1.22 bits per heavy atom. The molecule has 1 atom stereocenters. The van der Waals surface area contributed by atoms with Crippen LogP contribution < -0.4 is 10.1 Å². The lowest BCUT2D eigenvalue weighted by Gasteiger charge is -2.22. The van der Waals surface area contributed by atoms with Gasteiger partial charge < -0.3 is 19.9 Å². The molecule has 0 aliphatic carbocycles. The summed E-state index contributed by atoms with van der Waals surface area (Å²) in [5, 5.41) is 12.2. The summed E-state index contributed by atoms with van der Waals surface area (Å²) in [7, 11) is 0. The molecule has 1 aromatic carbocycles. The maximum Gasteiger partial charge on any atom is 0.407 e. The van der Waals surface area contributed by atoms with Crippen LogP contribution in [0.2, 0.25) is 0 Å². The van der Waals surface area contributed by atoms with E-state index in [2.05, 4.69) is 10.3 Å². The molecule has 27 heavy (non-hydrogen) atoms. The van der Waals surface area contributed by atoms with Gasteiger partial charge in [0.15, 0.2) is 6.29 Å². The molecule has 0 aliphatic heterocycles. The number of aliphatic hydroxyl groups is 1. The number of hydrogen-bond acceptors (Lipinski definition) is 6. The molecule has 144 valence electrons. The molecule has 0 radical (unpaired) electrons. The molecule has 7 nitrogen and oxygen atoms in total. The quantitative estimate of drug-likeness (QED) is 0.725. The van der Waals surface area contributed by atoms with Crippen LogP contribution in [0.15, 0.2) is 42.6 Å². The molecule has 0 bridgehead atoms. The second-order valence-corrected chi connectivity index (χ2v) is 7.02. The highest BCUT2D eigenvalue weighted by molar-refractivity contribution is 5.74. The summed E-state index contributed by atoms with van der Waals surface area (Å²) in [6.07, 6.45) is 2.04. The van der Waals surface area contributed by atoms with E-state index in [-0.39, 0.29) is 6.61 Å². The van der Waals surface area contributed by atoms with E-state index in [1.807, 2.05) is 12.1 Å². The molecule has 1 unspecified atom stereocenters. The number of hydrogen-bond donors (Lipinski definition) is 2. The van der Waals surface area contributed by atoms with Crippen molar-refractivity contribution >= 4 is 12.4 Å². The number of amides is 1. The summed E-state index contributed by atoms with van der Waals surface area (Å²) >= 11 is 0. The van der Waals surface area contributed by atoms with E-state index in [9.17, 15) is 14.7 Å². The predicted octanol–water partition coefficient (Wildman–Crippen LogP) is 3.11. The SMILES string of the molecule is CC(C)(C)OC(=O)NC(CO)Cc1ccc(Oc2ccc(C=O)cn2)cc1. The van der Waals surface area contributed by atoms with Gasteiger partial charge in [0.1, 0.15) is 11.4 Å². The highest BCUT2D eigenvalue weighted by atomic mass is 16.6. The first-order chi connectivity index (χ1) is 12.8. The molecule has 0 saturated carbocycles. The molecule has 2 aromatic rings. The first-order valence-electron chi connectivity index (χ1n) is 8.57. The Balaban J connectivity index is 1.92. The van der Waals surface area contributed by atoms with Crippen molar-refractivity contribution in [1.29, 1.82) is 0 Å². The molecule has 7 heteroatoms. The minimum absolute atomic E-state index is 0.204. The zero-order valence-electron chi connectivity index (χ0n) is 15.6. The third-order valence-corrected chi connectivity index (χ3v) is 3.46. The van der Waals surface area contributed by atoms with Crippen LogP contribution in [0.25, 0.3) is 0 Å². The average molecular weight is 372 g/mol. The largest absolute Gasteiger partial charge is 0.444 e. The van der Waals surface area contributed by atoms with Crippen LogP contribution in [-0.4, -0.2) is 40.7 Å². The van der Waals surface area contributed by atoms with Gasteiger partial charge in [-0.2, -0.15) is 0 Å². The number of benzene rings is 1. The predicted molar refractivity (Wildman–Crippen MR) is 100 cm³/mol. The molecule has 1 aromatic heterocycles. The second kappa shape index (κ2) is 9.14. The van der Waals surface area contributed by atoms with Crippen LogP contribution in [0, 0.1) is 0 Å². The number of alkyl carbamates (subject to hydrolysis) is 1. The Bertz CT molecular complexity index is 751. The summed E-state index contributed by atoms with van der Waals surface area (Å²) in [5.74, 6) is 0.971. The van der Waals surface area contributed by atoms with Crippen LogP contribution in [-0.2, 0) is 11.2 Å². The molecular formula is C20H24N2O5. The topological polar surface area (TPSA) is 97.8 Å². The molecule has 0 saturated heterocycles.